The van der Waals surface area contributed by atoms with Gasteiger partial charge in [0, 0.05) is 13.1 Å². The van der Waals surface area contributed by atoms with Gasteiger partial charge in [-0.25, -0.2) is 0 Å². The van der Waals surface area contributed by atoms with Crippen LogP contribution in [0.5, 0.6) is 11.5 Å². The van der Waals surface area contributed by atoms with Crippen LogP contribution in [0.1, 0.15) is 11.1 Å². The molecule has 26 heavy (non-hydrogen) atoms. The van der Waals surface area contributed by atoms with Crippen molar-refractivity contribution in [3.63, 3.8) is 0 Å². The fourth-order valence-corrected chi connectivity index (χ4v) is 2.89. The Labute approximate surface area is 152 Å². The van der Waals surface area contributed by atoms with E-state index >= 15 is 0 Å². The summed E-state index contributed by atoms with van der Waals surface area (Å²) in [5.41, 5.74) is 1.94. The van der Waals surface area contributed by atoms with Crippen LogP contribution in [0.15, 0.2) is 48.5 Å². The van der Waals surface area contributed by atoms with E-state index in [0.29, 0.717) is 13.1 Å². The second-order valence-corrected chi connectivity index (χ2v) is 6.20. The summed E-state index contributed by atoms with van der Waals surface area (Å²) in [7, 11) is 3.22. The number of piperazine rings is 1. The molecule has 0 unspecified atom stereocenters. The minimum Gasteiger partial charge on any atom is -0.497 e. The van der Waals surface area contributed by atoms with Crippen molar-refractivity contribution in [1.82, 2.24) is 9.80 Å². The third kappa shape index (κ3) is 4.14. The summed E-state index contributed by atoms with van der Waals surface area (Å²) in [5, 5.41) is 0. The van der Waals surface area contributed by atoms with Crippen LogP contribution in [0.2, 0.25) is 0 Å². The van der Waals surface area contributed by atoms with Gasteiger partial charge in [-0.1, -0.05) is 24.3 Å². The van der Waals surface area contributed by atoms with Crippen LogP contribution in [0.3, 0.4) is 0 Å². The molecule has 0 radical (unpaired) electrons. The molecule has 1 heterocycles. The van der Waals surface area contributed by atoms with Gasteiger partial charge in [-0.2, -0.15) is 0 Å². The van der Waals surface area contributed by atoms with Gasteiger partial charge in [0.05, 0.1) is 14.2 Å². The van der Waals surface area contributed by atoms with Crippen molar-refractivity contribution in [3.8, 4) is 11.5 Å². The smallest absolute Gasteiger partial charge is 0.242 e. The van der Waals surface area contributed by atoms with Crippen LogP contribution in [0, 0.1) is 0 Å². The first kappa shape index (κ1) is 17.8. The third-order valence-electron chi connectivity index (χ3n) is 4.42. The van der Waals surface area contributed by atoms with E-state index in [9.17, 15) is 9.59 Å². The van der Waals surface area contributed by atoms with E-state index in [1.54, 1.807) is 24.0 Å². The summed E-state index contributed by atoms with van der Waals surface area (Å²) in [6, 6.07) is 15.0. The maximum Gasteiger partial charge on any atom is 0.242 e. The number of hydrogen-bond acceptors (Lipinski definition) is 4. The molecule has 3 rings (SSSR count). The van der Waals surface area contributed by atoms with Crippen LogP contribution < -0.4 is 9.47 Å². The molecule has 2 aromatic carbocycles. The quantitative estimate of drug-likeness (QED) is 0.797. The van der Waals surface area contributed by atoms with E-state index in [0.717, 1.165) is 22.6 Å². The minimum absolute atomic E-state index is 0.0473. The second kappa shape index (κ2) is 7.91. The lowest BCUT2D eigenvalue weighted by molar-refractivity contribution is -0.151. The number of hydrogen-bond donors (Lipinski definition) is 0. The Morgan fingerprint density at radius 3 is 1.35 bits per heavy atom. The van der Waals surface area contributed by atoms with E-state index in [1.165, 1.54) is 0 Å². The maximum absolute atomic E-state index is 12.5. The van der Waals surface area contributed by atoms with E-state index in [1.807, 2.05) is 48.5 Å². The fraction of sp³-hybridized carbons (Fsp3) is 0.300. The summed E-state index contributed by atoms with van der Waals surface area (Å²) >= 11 is 0. The Kier molecular flexibility index (Phi) is 5.41. The van der Waals surface area contributed by atoms with E-state index in [-0.39, 0.29) is 24.9 Å². The Balaban J connectivity index is 1.60. The van der Waals surface area contributed by atoms with Crippen molar-refractivity contribution in [2.75, 3.05) is 27.3 Å². The van der Waals surface area contributed by atoms with Gasteiger partial charge >= 0.3 is 0 Å². The molecule has 0 N–H and O–H groups in total. The van der Waals surface area contributed by atoms with Crippen molar-refractivity contribution in [2.45, 2.75) is 13.1 Å². The molecule has 1 saturated heterocycles. The fourth-order valence-electron chi connectivity index (χ4n) is 2.89. The second-order valence-electron chi connectivity index (χ2n) is 6.20. The largest absolute Gasteiger partial charge is 0.497 e. The molecule has 0 aromatic heterocycles. The highest BCUT2D eigenvalue weighted by Crippen LogP contribution is 2.17. The number of ether oxygens (including phenoxy) is 2. The Bertz CT molecular complexity index is 704. The molecule has 2 aromatic rings. The molecule has 1 fully saturated rings. The number of methoxy groups -OCH3 is 2. The number of carbonyl (C=O) groups is 2. The molecular weight excluding hydrogens is 332 g/mol. The van der Waals surface area contributed by atoms with Crippen molar-refractivity contribution < 1.29 is 19.1 Å². The molecule has 136 valence electrons. The first-order valence-corrected chi connectivity index (χ1v) is 8.40. The van der Waals surface area contributed by atoms with Gasteiger partial charge in [0.25, 0.3) is 0 Å². The molecular formula is C20H22N2O4. The lowest BCUT2D eigenvalue weighted by Crippen LogP contribution is -2.52. The lowest BCUT2D eigenvalue weighted by Gasteiger charge is -2.34. The van der Waals surface area contributed by atoms with Crippen LogP contribution in [0.4, 0.5) is 0 Å². The predicted molar refractivity (Wildman–Crippen MR) is 96.8 cm³/mol. The zero-order valence-electron chi connectivity index (χ0n) is 15.0. The van der Waals surface area contributed by atoms with E-state index in [4.69, 9.17) is 9.47 Å². The SMILES string of the molecule is COc1ccc(CN2CC(=O)N(Cc3ccc(OC)cc3)CC2=O)cc1. The van der Waals surface area contributed by atoms with Gasteiger partial charge in [0.2, 0.25) is 11.8 Å². The van der Waals surface area contributed by atoms with Gasteiger partial charge in [0.15, 0.2) is 0 Å². The predicted octanol–water partition coefficient (Wildman–Crippen LogP) is 2.07. The summed E-state index contributed by atoms with van der Waals surface area (Å²) < 4.78 is 10.3. The van der Waals surface area contributed by atoms with E-state index < -0.39 is 0 Å². The van der Waals surface area contributed by atoms with Crippen LogP contribution >= 0.6 is 0 Å². The minimum atomic E-state index is -0.0473. The molecule has 0 atom stereocenters. The first-order chi connectivity index (χ1) is 12.6. The molecule has 2 amide bonds. The number of rotatable bonds is 6. The molecule has 6 heteroatoms. The number of amides is 2. The molecule has 0 bridgehead atoms. The monoisotopic (exact) mass is 354 g/mol. The summed E-state index contributed by atoms with van der Waals surface area (Å²) in [4.78, 5) is 28.1. The topological polar surface area (TPSA) is 59.1 Å². The molecule has 1 aliphatic heterocycles. The van der Waals surface area contributed by atoms with Crippen LogP contribution in [-0.4, -0.2) is 48.9 Å². The Morgan fingerprint density at radius 1 is 0.692 bits per heavy atom. The molecule has 0 saturated carbocycles. The van der Waals surface area contributed by atoms with Gasteiger partial charge < -0.3 is 19.3 Å². The first-order valence-electron chi connectivity index (χ1n) is 8.40. The molecule has 0 aliphatic carbocycles. The standard InChI is InChI=1S/C20H22N2O4/c1-25-17-7-3-15(4-8-17)11-21-13-20(24)22(14-19(21)23)12-16-5-9-18(26-2)10-6-16/h3-10H,11-14H2,1-2H3. The number of benzene rings is 2. The average molecular weight is 354 g/mol. The summed E-state index contributed by atoms with van der Waals surface area (Å²) in [6.07, 6.45) is 0. The normalized spacial score (nSPS) is 14.5. The number of carbonyl (C=O) groups excluding carboxylic acids is 2. The lowest BCUT2D eigenvalue weighted by atomic mass is 10.1. The average Bonchev–Trinajstić information content (AvgIpc) is 2.67. The van der Waals surface area contributed by atoms with Crippen molar-refractivity contribution >= 4 is 11.8 Å². The van der Waals surface area contributed by atoms with Crippen LogP contribution in [-0.2, 0) is 22.7 Å². The van der Waals surface area contributed by atoms with Crippen molar-refractivity contribution in [3.05, 3.63) is 59.7 Å². The molecule has 6 nitrogen and oxygen atoms in total. The Morgan fingerprint density at radius 2 is 1.04 bits per heavy atom. The van der Waals surface area contributed by atoms with Gasteiger partial charge in [0.1, 0.15) is 24.6 Å². The molecule has 0 spiro atoms. The summed E-state index contributed by atoms with van der Waals surface area (Å²) in [5.74, 6) is 1.43. The third-order valence-corrected chi connectivity index (χ3v) is 4.42. The van der Waals surface area contributed by atoms with Gasteiger partial charge in [-0.05, 0) is 35.4 Å². The van der Waals surface area contributed by atoms with Gasteiger partial charge in [-0.15, -0.1) is 0 Å². The highest BCUT2D eigenvalue weighted by molar-refractivity contribution is 5.92. The highest BCUT2D eigenvalue weighted by atomic mass is 16.5. The van der Waals surface area contributed by atoms with Crippen molar-refractivity contribution in [1.29, 1.82) is 0 Å². The van der Waals surface area contributed by atoms with Crippen molar-refractivity contribution in [2.24, 2.45) is 0 Å². The Hall–Kier alpha value is -3.02. The number of nitrogens with zero attached hydrogens (tertiary/aromatic N) is 2. The van der Waals surface area contributed by atoms with Crippen LogP contribution in [0.25, 0.3) is 0 Å². The van der Waals surface area contributed by atoms with Gasteiger partial charge in [-0.3, -0.25) is 9.59 Å². The zero-order chi connectivity index (χ0) is 18.5. The zero-order valence-corrected chi connectivity index (χ0v) is 15.0. The van der Waals surface area contributed by atoms with E-state index in [2.05, 4.69) is 0 Å². The summed E-state index contributed by atoms with van der Waals surface area (Å²) in [6.45, 7) is 1.04. The molecule has 1 aliphatic rings. The highest BCUT2D eigenvalue weighted by Gasteiger charge is 2.29. The maximum atomic E-state index is 12.5.